The number of amides is 1. The molecular weight excluding hydrogens is 226 g/mol. The Morgan fingerprint density at radius 1 is 1.39 bits per heavy atom. The summed E-state index contributed by atoms with van der Waals surface area (Å²) >= 11 is 0. The van der Waals surface area contributed by atoms with E-state index >= 15 is 0 Å². The SMILES string of the molecule is COc1ccc(C)cc1CCNC(=O)CC(C)C. The molecule has 0 saturated carbocycles. The van der Waals surface area contributed by atoms with Gasteiger partial charge in [-0.2, -0.15) is 0 Å². The van der Waals surface area contributed by atoms with Crippen LogP contribution in [0, 0.1) is 12.8 Å². The number of nitrogens with one attached hydrogen (secondary N) is 1. The van der Waals surface area contributed by atoms with Crippen LogP contribution in [0.5, 0.6) is 5.75 Å². The zero-order chi connectivity index (χ0) is 13.5. The molecule has 0 atom stereocenters. The monoisotopic (exact) mass is 249 g/mol. The van der Waals surface area contributed by atoms with Gasteiger partial charge in [0.2, 0.25) is 5.91 Å². The number of hydrogen-bond acceptors (Lipinski definition) is 2. The molecule has 1 amide bonds. The maximum absolute atomic E-state index is 11.5. The lowest BCUT2D eigenvalue weighted by molar-refractivity contribution is -0.121. The normalized spacial score (nSPS) is 10.5. The molecular formula is C15H23NO2. The molecule has 0 aliphatic heterocycles. The summed E-state index contributed by atoms with van der Waals surface area (Å²) in [7, 11) is 1.67. The van der Waals surface area contributed by atoms with Crippen LogP contribution in [-0.2, 0) is 11.2 Å². The summed E-state index contributed by atoms with van der Waals surface area (Å²) < 4.78 is 5.31. The first-order valence-corrected chi connectivity index (χ1v) is 6.43. The van der Waals surface area contributed by atoms with Crippen molar-refractivity contribution in [3.05, 3.63) is 29.3 Å². The third-order valence-electron chi connectivity index (χ3n) is 2.75. The zero-order valence-electron chi connectivity index (χ0n) is 11.7. The molecule has 3 heteroatoms. The largest absolute Gasteiger partial charge is 0.496 e. The van der Waals surface area contributed by atoms with E-state index in [0.29, 0.717) is 18.9 Å². The fraction of sp³-hybridized carbons (Fsp3) is 0.533. The summed E-state index contributed by atoms with van der Waals surface area (Å²) in [5.41, 5.74) is 2.35. The van der Waals surface area contributed by atoms with Crippen molar-refractivity contribution in [3.8, 4) is 5.75 Å². The summed E-state index contributed by atoms with van der Waals surface area (Å²) in [5.74, 6) is 1.41. The Bertz CT molecular complexity index is 399. The number of rotatable bonds is 6. The molecule has 0 fully saturated rings. The van der Waals surface area contributed by atoms with Crippen LogP contribution in [0.15, 0.2) is 18.2 Å². The molecule has 1 N–H and O–H groups in total. The van der Waals surface area contributed by atoms with E-state index in [1.54, 1.807) is 7.11 Å². The van der Waals surface area contributed by atoms with E-state index < -0.39 is 0 Å². The predicted octanol–water partition coefficient (Wildman–Crippen LogP) is 2.71. The molecule has 0 radical (unpaired) electrons. The minimum absolute atomic E-state index is 0.122. The first-order valence-electron chi connectivity index (χ1n) is 6.43. The van der Waals surface area contributed by atoms with Gasteiger partial charge in [-0.1, -0.05) is 31.5 Å². The van der Waals surface area contributed by atoms with Gasteiger partial charge in [0.15, 0.2) is 0 Å². The standard InChI is InChI=1S/C15H23NO2/c1-11(2)9-15(17)16-8-7-13-10-12(3)5-6-14(13)18-4/h5-6,10-11H,7-9H2,1-4H3,(H,16,17). The van der Waals surface area contributed by atoms with E-state index in [1.165, 1.54) is 5.56 Å². The molecule has 1 aromatic carbocycles. The van der Waals surface area contributed by atoms with Gasteiger partial charge in [-0.3, -0.25) is 4.79 Å². The summed E-state index contributed by atoms with van der Waals surface area (Å²) in [6, 6.07) is 6.10. The Morgan fingerprint density at radius 3 is 2.72 bits per heavy atom. The summed E-state index contributed by atoms with van der Waals surface area (Å²) in [6.07, 6.45) is 1.39. The van der Waals surface area contributed by atoms with Gasteiger partial charge in [-0.15, -0.1) is 0 Å². The van der Waals surface area contributed by atoms with Crippen molar-refractivity contribution in [1.29, 1.82) is 0 Å². The third-order valence-corrected chi connectivity index (χ3v) is 2.75. The van der Waals surface area contributed by atoms with Gasteiger partial charge < -0.3 is 10.1 Å². The average Bonchev–Trinajstić information content (AvgIpc) is 2.28. The summed E-state index contributed by atoms with van der Waals surface area (Å²) in [6.45, 7) is 6.80. The molecule has 0 bridgehead atoms. The van der Waals surface area contributed by atoms with Crippen LogP contribution in [-0.4, -0.2) is 19.6 Å². The van der Waals surface area contributed by atoms with Gasteiger partial charge in [-0.25, -0.2) is 0 Å². The molecule has 0 aliphatic carbocycles. The highest BCUT2D eigenvalue weighted by atomic mass is 16.5. The van der Waals surface area contributed by atoms with Crippen molar-refractivity contribution in [1.82, 2.24) is 5.32 Å². The van der Waals surface area contributed by atoms with Gasteiger partial charge >= 0.3 is 0 Å². The molecule has 100 valence electrons. The minimum atomic E-state index is 0.122. The van der Waals surface area contributed by atoms with E-state index in [9.17, 15) is 4.79 Å². The second-order valence-electron chi connectivity index (χ2n) is 5.01. The molecule has 18 heavy (non-hydrogen) atoms. The Balaban J connectivity index is 2.48. The highest BCUT2D eigenvalue weighted by Crippen LogP contribution is 2.19. The molecule has 3 nitrogen and oxygen atoms in total. The molecule has 1 rings (SSSR count). The first-order chi connectivity index (χ1) is 8.52. The number of carbonyl (C=O) groups excluding carboxylic acids is 1. The number of carbonyl (C=O) groups is 1. The van der Waals surface area contributed by atoms with Crippen molar-refractivity contribution in [2.45, 2.75) is 33.6 Å². The molecule has 0 heterocycles. The van der Waals surface area contributed by atoms with Crippen molar-refractivity contribution in [2.75, 3.05) is 13.7 Å². The number of benzene rings is 1. The highest BCUT2D eigenvalue weighted by molar-refractivity contribution is 5.76. The maximum atomic E-state index is 11.5. The quantitative estimate of drug-likeness (QED) is 0.842. The van der Waals surface area contributed by atoms with Gasteiger partial charge in [0.1, 0.15) is 5.75 Å². The first kappa shape index (κ1) is 14.6. The van der Waals surface area contributed by atoms with Crippen molar-refractivity contribution in [2.24, 2.45) is 5.92 Å². The fourth-order valence-corrected chi connectivity index (χ4v) is 1.88. The second-order valence-corrected chi connectivity index (χ2v) is 5.01. The van der Waals surface area contributed by atoms with Gasteiger partial charge in [0.05, 0.1) is 7.11 Å². The lowest BCUT2D eigenvalue weighted by atomic mass is 10.1. The predicted molar refractivity (Wildman–Crippen MR) is 73.9 cm³/mol. The van der Waals surface area contributed by atoms with Crippen LogP contribution in [0.4, 0.5) is 0 Å². The van der Waals surface area contributed by atoms with Gasteiger partial charge in [-0.05, 0) is 30.9 Å². The van der Waals surface area contributed by atoms with E-state index in [1.807, 2.05) is 26.0 Å². The van der Waals surface area contributed by atoms with Crippen LogP contribution in [0.25, 0.3) is 0 Å². The molecule has 1 aromatic rings. The van der Waals surface area contributed by atoms with E-state index in [4.69, 9.17) is 4.74 Å². The van der Waals surface area contributed by atoms with Gasteiger partial charge in [0.25, 0.3) is 0 Å². The van der Waals surface area contributed by atoms with Crippen LogP contribution in [0.2, 0.25) is 0 Å². The maximum Gasteiger partial charge on any atom is 0.220 e. The topological polar surface area (TPSA) is 38.3 Å². The lowest BCUT2D eigenvalue weighted by Crippen LogP contribution is -2.26. The van der Waals surface area contributed by atoms with E-state index in [-0.39, 0.29) is 5.91 Å². The zero-order valence-corrected chi connectivity index (χ0v) is 11.7. The molecule has 0 aromatic heterocycles. The highest BCUT2D eigenvalue weighted by Gasteiger charge is 2.06. The molecule has 0 aliphatic rings. The minimum Gasteiger partial charge on any atom is -0.496 e. The van der Waals surface area contributed by atoms with Crippen molar-refractivity contribution >= 4 is 5.91 Å². The Morgan fingerprint density at radius 2 is 2.11 bits per heavy atom. The fourth-order valence-electron chi connectivity index (χ4n) is 1.88. The van der Waals surface area contributed by atoms with Crippen molar-refractivity contribution < 1.29 is 9.53 Å². The van der Waals surface area contributed by atoms with Crippen LogP contribution in [0.1, 0.15) is 31.4 Å². The summed E-state index contributed by atoms with van der Waals surface area (Å²) in [4.78, 5) is 11.5. The Hall–Kier alpha value is -1.51. The van der Waals surface area contributed by atoms with Gasteiger partial charge in [0, 0.05) is 13.0 Å². The average molecular weight is 249 g/mol. The molecule has 0 saturated heterocycles. The molecule has 0 unspecified atom stereocenters. The number of hydrogen-bond donors (Lipinski definition) is 1. The lowest BCUT2D eigenvalue weighted by Gasteiger charge is -2.11. The third kappa shape index (κ3) is 4.78. The van der Waals surface area contributed by atoms with E-state index in [2.05, 4.69) is 18.3 Å². The van der Waals surface area contributed by atoms with Crippen LogP contribution < -0.4 is 10.1 Å². The van der Waals surface area contributed by atoms with E-state index in [0.717, 1.165) is 17.7 Å². The smallest absolute Gasteiger partial charge is 0.220 e. The van der Waals surface area contributed by atoms with Crippen LogP contribution >= 0.6 is 0 Å². The number of aryl methyl sites for hydroxylation is 1. The Labute approximate surface area is 110 Å². The number of methoxy groups -OCH3 is 1. The second kappa shape index (κ2) is 7.04. The number of ether oxygens (including phenoxy) is 1. The molecule has 0 spiro atoms. The summed E-state index contributed by atoms with van der Waals surface area (Å²) in [5, 5.41) is 2.94. The Kier molecular flexibility index (Phi) is 5.69. The van der Waals surface area contributed by atoms with Crippen molar-refractivity contribution in [3.63, 3.8) is 0 Å². The van der Waals surface area contributed by atoms with Crippen LogP contribution in [0.3, 0.4) is 0 Å².